The number of aromatic nitrogens is 3. The van der Waals surface area contributed by atoms with Gasteiger partial charge in [0.15, 0.2) is 11.0 Å². The maximum atomic E-state index is 5.89. The molecule has 1 aliphatic heterocycles. The van der Waals surface area contributed by atoms with E-state index < -0.39 is 0 Å². The minimum atomic E-state index is 0.395. The summed E-state index contributed by atoms with van der Waals surface area (Å²) >= 11 is 7.63. The molecule has 0 aliphatic carbocycles. The second-order valence-corrected chi connectivity index (χ2v) is 7.19. The summed E-state index contributed by atoms with van der Waals surface area (Å²) in [7, 11) is 0. The molecule has 0 amide bonds. The van der Waals surface area contributed by atoms with Gasteiger partial charge in [-0.3, -0.25) is 4.90 Å². The maximum absolute atomic E-state index is 5.89. The fourth-order valence-electron chi connectivity index (χ4n) is 2.62. The summed E-state index contributed by atoms with van der Waals surface area (Å²) in [5.74, 6) is 2.61. The third kappa shape index (κ3) is 5.34. The van der Waals surface area contributed by atoms with Crippen molar-refractivity contribution in [3.05, 3.63) is 35.1 Å². The highest BCUT2D eigenvalue weighted by Gasteiger charge is 2.14. The molecule has 0 atom stereocenters. The van der Waals surface area contributed by atoms with Gasteiger partial charge in [0.05, 0.1) is 13.2 Å². The van der Waals surface area contributed by atoms with Crippen molar-refractivity contribution in [2.24, 2.45) is 0 Å². The highest BCUT2D eigenvalue weighted by Crippen LogP contribution is 2.20. The monoisotopic (exact) mass is 382 g/mol. The van der Waals surface area contributed by atoms with E-state index in [1.165, 1.54) is 0 Å². The molecule has 0 N–H and O–H groups in total. The molecule has 1 fully saturated rings. The quantitative estimate of drug-likeness (QED) is 0.654. The maximum Gasteiger partial charge on any atom is 0.191 e. The normalized spacial score (nSPS) is 15.4. The van der Waals surface area contributed by atoms with E-state index in [1.54, 1.807) is 11.8 Å². The topological polar surface area (TPSA) is 52.4 Å². The van der Waals surface area contributed by atoms with E-state index in [2.05, 4.69) is 26.6 Å². The van der Waals surface area contributed by atoms with Crippen LogP contribution in [-0.4, -0.2) is 58.3 Å². The molecule has 2 heterocycles. The predicted molar refractivity (Wildman–Crippen MR) is 99.5 cm³/mol. The van der Waals surface area contributed by atoms with Gasteiger partial charge in [-0.2, -0.15) is 0 Å². The van der Waals surface area contributed by atoms with Crippen molar-refractivity contribution < 1.29 is 9.47 Å². The van der Waals surface area contributed by atoms with Crippen LogP contribution in [0, 0.1) is 0 Å². The van der Waals surface area contributed by atoms with Crippen molar-refractivity contribution in [2.45, 2.75) is 25.2 Å². The van der Waals surface area contributed by atoms with Gasteiger partial charge in [-0.1, -0.05) is 23.4 Å². The van der Waals surface area contributed by atoms with Crippen LogP contribution >= 0.6 is 23.4 Å². The zero-order chi connectivity index (χ0) is 17.5. The fourth-order valence-corrected chi connectivity index (χ4v) is 3.77. The van der Waals surface area contributed by atoms with Crippen LogP contribution in [0.1, 0.15) is 12.7 Å². The highest BCUT2D eigenvalue weighted by atomic mass is 35.5. The summed E-state index contributed by atoms with van der Waals surface area (Å²) in [5.41, 5.74) is 0. The van der Waals surface area contributed by atoms with E-state index in [0.717, 1.165) is 61.9 Å². The lowest BCUT2D eigenvalue weighted by molar-refractivity contribution is 0.0410. The van der Waals surface area contributed by atoms with E-state index in [0.29, 0.717) is 11.6 Å². The zero-order valence-electron chi connectivity index (χ0n) is 14.4. The third-order valence-corrected chi connectivity index (χ3v) is 5.23. The summed E-state index contributed by atoms with van der Waals surface area (Å²) in [6.07, 6.45) is 0. The molecular weight excluding hydrogens is 360 g/mol. The number of ether oxygens (including phenoxy) is 2. The van der Waals surface area contributed by atoms with Crippen molar-refractivity contribution in [3.8, 4) is 5.75 Å². The zero-order valence-corrected chi connectivity index (χ0v) is 15.9. The standard InChI is InChI=1S/C17H23ClN4O2S/c1-2-22-16(13-24-15-5-3-14(18)4-6-15)19-20-17(22)25-12-9-21-7-10-23-11-8-21/h3-6H,2,7-13H2,1H3. The summed E-state index contributed by atoms with van der Waals surface area (Å²) < 4.78 is 13.3. The van der Waals surface area contributed by atoms with Gasteiger partial charge in [-0.05, 0) is 31.2 Å². The number of thioether (sulfide) groups is 1. The van der Waals surface area contributed by atoms with E-state index >= 15 is 0 Å². The van der Waals surface area contributed by atoms with Gasteiger partial charge in [0.1, 0.15) is 12.4 Å². The predicted octanol–water partition coefficient (Wildman–Crippen LogP) is 2.95. The van der Waals surface area contributed by atoms with Crippen molar-refractivity contribution >= 4 is 23.4 Å². The van der Waals surface area contributed by atoms with Gasteiger partial charge >= 0.3 is 0 Å². The van der Waals surface area contributed by atoms with Gasteiger partial charge in [-0.25, -0.2) is 0 Å². The number of benzene rings is 1. The number of halogens is 1. The molecule has 8 heteroatoms. The smallest absolute Gasteiger partial charge is 0.191 e. The number of nitrogens with zero attached hydrogens (tertiary/aromatic N) is 4. The van der Waals surface area contributed by atoms with Crippen LogP contribution in [0.3, 0.4) is 0 Å². The molecule has 3 rings (SSSR count). The summed E-state index contributed by atoms with van der Waals surface area (Å²) in [4.78, 5) is 2.42. The number of morpholine rings is 1. The Bertz CT molecular complexity index is 659. The van der Waals surface area contributed by atoms with Crippen molar-refractivity contribution in [3.63, 3.8) is 0 Å². The van der Waals surface area contributed by atoms with Gasteiger partial charge in [0, 0.05) is 37.0 Å². The molecule has 0 spiro atoms. The van der Waals surface area contributed by atoms with Gasteiger partial charge in [0.2, 0.25) is 0 Å². The first-order valence-corrected chi connectivity index (χ1v) is 9.86. The third-order valence-electron chi connectivity index (χ3n) is 4.03. The molecule has 2 aromatic rings. The first-order chi connectivity index (χ1) is 12.3. The second-order valence-electron chi connectivity index (χ2n) is 5.69. The van der Waals surface area contributed by atoms with Crippen LogP contribution in [0.15, 0.2) is 29.4 Å². The van der Waals surface area contributed by atoms with Gasteiger partial charge in [-0.15, -0.1) is 10.2 Å². The Morgan fingerprint density at radius 2 is 1.96 bits per heavy atom. The molecular formula is C17H23ClN4O2S. The Morgan fingerprint density at radius 1 is 1.20 bits per heavy atom. The van der Waals surface area contributed by atoms with Crippen LogP contribution in [0.4, 0.5) is 0 Å². The molecule has 0 bridgehead atoms. The Balaban J connectivity index is 1.52. The average molecular weight is 383 g/mol. The Morgan fingerprint density at radius 3 is 2.68 bits per heavy atom. The summed E-state index contributed by atoms with van der Waals surface area (Å²) in [6.45, 7) is 8.06. The summed E-state index contributed by atoms with van der Waals surface area (Å²) in [6, 6.07) is 7.34. The average Bonchev–Trinajstić information content (AvgIpc) is 3.04. The lowest BCUT2D eigenvalue weighted by Gasteiger charge is -2.26. The SMILES string of the molecule is CCn1c(COc2ccc(Cl)cc2)nnc1SCCN1CCOCC1. The molecule has 1 aliphatic rings. The molecule has 25 heavy (non-hydrogen) atoms. The molecule has 1 aromatic heterocycles. The Labute approximate surface area is 157 Å². The largest absolute Gasteiger partial charge is 0.486 e. The molecule has 6 nitrogen and oxygen atoms in total. The first kappa shape index (κ1) is 18.5. The van der Waals surface area contributed by atoms with Crippen LogP contribution in [0.25, 0.3) is 0 Å². The highest BCUT2D eigenvalue weighted by molar-refractivity contribution is 7.99. The van der Waals surface area contributed by atoms with E-state index in [9.17, 15) is 0 Å². The van der Waals surface area contributed by atoms with Crippen LogP contribution in [0.5, 0.6) is 5.75 Å². The Hall–Kier alpha value is -1.28. The Kier molecular flexibility index (Phi) is 6.98. The van der Waals surface area contributed by atoms with E-state index in [-0.39, 0.29) is 0 Å². The minimum absolute atomic E-state index is 0.395. The van der Waals surface area contributed by atoms with Crippen molar-refractivity contribution in [2.75, 3.05) is 38.6 Å². The molecule has 1 aromatic carbocycles. The lowest BCUT2D eigenvalue weighted by Crippen LogP contribution is -2.37. The van der Waals surface area contributed by atoms with Crippen LogP contribution < -0.4 is 4.74 Å². The second kappa shape index (κ2) is 9.43. The summed E-state index contributed by atoms with van der Waals surface area (Å²) in [5, 5.41) is 10.3. The number of hydrogen-bond acceptors (Lipinski definition) is 6. The number of rotatable bonds is 8. The van der Waals surface area contributed by atoms with E-state index in [1.807, 2.05) is 24.3 Å². The molecule has 0 saturated carbocycles. The molecule has 1 saturated heterocycles. The van der Waals surface area contributed by atoms with Crippen LogP contribution in [-0.2, 0) is 17.9 Å². The molecule has 136 valence electrons. The molecule has 0 radical (unpaired) electrons. The van der Waals surface area contributed by atoms with Crippen molar-refractivity contribution in [1.82, 2.24) is 19.7 Å². The number of hydrogen-bond donors (Lipinski definition) is 0. The van der Waals surface area contributed by atoms with E-state index in [4.69, 9.17) is 21.1 Å². The first-order valence-electron chi connectivity index (χ1n) is 8.49. The van der Waals surface area contributed by atoms with Crippen LogP contribution in [0.2, 0.25) is 5.02 Å². The van der Waals surface area contributed by atoms with Crippen molar-refractivity contribution in [1.29, 1.82) is 0 Å². The molecule has 0 unspecified atom stereocenters. The minimum Gasteiger partial charge on any atom is -0.486 e. The van der Waals surface area contributed by atoms with Gasteiger partial charge < -0.3 is 14.0 Å². The lowest BCUT2D eigenvalue weighted by atomic mass is 10.3. The van der Waals surface area contributed by atoms with Gasteiger partial charge in [0.25, 0.3) is 0 Å². The fraction of sp³-hybridized carbons (Fsp3) is 0.529.